The third-order valence-electron chi connectivity index (χ3n) is 7.18. The van der Waals surface area contributed by atoms with Crippen LogP contribution in [0.3, 0.4) is 0 Å². The van der Waals surface area contributed by atoms with Gasteiger partial charge in [-0.3, -0.25) is 0 Å². The molecule has 0 amide bonds. The van der Waals surface area contributed by atoms with E-state index in [1.165, 1.54) is 81.0 Å². The lowest BCUT2D eigenvalue weighted by Gasteiger charge is -2.00. The summed E-state index contributed by atoms with van der Waals surface area (Å²) in [5.41, 5.74) is 2.85. The van der Waals surface area contributed by atoms with Gasteiger partial charge in [0.1, 0.15) is 0 Å². The van der Waals surface area contributed by atoms with Crippen molar-refractivity contribution >= 4 is 115 Å². The number of benzene rings is 4. The van der Waals surface area contributed by atoms with Crippen molar-refractivity contribution in [3.05, 3.63) is 71.8 Å². The zero-order valence-electron chi connectivity index (χ0n) is 18.8. The number of fused-ring (bicyclic) bond motifs is 11. The Morgan fingerprint density at radius 3 is 1.24 bits per heavy atom. The summed E-state index contributed by atoms with van der Waals surface area (Å²) in [6.07, 6.45) is 2.18. The Morgan fingerprint density at radius 2 is 0.824 bits per heavy atom. The molecule has 0 bridgehead atoms. The van der Waals surface area contributed by atoms with Crippen molar-refractivity contribution in [1.29, 1.82) is 0 Å². The van der Waals surface area contributed by atoms with Gasteiger partial charge in [-0.15, -0.1) is 45.3 Å². The van der Waals surface area contributed by atoms with Crippen molar-refractivity contribution in [2.45, 2.75) is 26.7 Å². The Balaban J connectivity index is 1.42. The van der Waals surface area contributed by atoms with Crippen LogP contribution in [0, 0.1) is 0 Å². The normalized spacial score (nSPS) is 12.6. The van der Waals surface area contributed by atoms with Gasteiger partial charge in [0.15, 0.2) is 0 Å². The third kappa shape index (κ3) is 2.63. The van der Waals surface area contributed by atoms with E-state index < -0.39 is 0 Å². The van der Waals surface area contributed by atoms with Gasteiger partial charge in [0.05, 0.1) is 18.8 Å². The van der Waals surface area contributed by atoms with Crippen molar-refractivity contribution in [1.82, 2.24) is 0 Å². The second-order valence-electron chi connectivity index (χ2n) is 9.14. The topological polar surface area (TPSA) is 0 Å². The summed E-state index contributed by atoms with van der Waals surface area (Å²) in [5.74, 6) is 0. The van der Waals surface area contributed by atoms with E-state index in [9.17, 15) is 0 Å². The average molecular weight is 509 g/mol. The molecule has 0 unspecified atom stereocenters. The summed E-state index contributed by atoms with van der Waals surface area (Å²) in [4.78, 5) is 0. The molecule has 0 aliphatic carbocycles. The highest BCUT2D eigenvalue weighted by Gasteiger charge is 2.16. The maximum Gasteiger partial charge on any atom is 0.0542 e. The molecule has 8 aromatic rings. The van der Waals surface area contributed by atoms with E-state index in [-0.39, 0.29) is 0 Å². The van der Waals surface area contributed by atoms with E-state index in [0.717, 1.165) is 12.8 Å². The first-order valence-corrected chi connectivity index (χ1v) is 15.1. The van der Waals surface area contributed by atoms with Crippen molar-refractivity contribution < 1.29 is 0 Å². The summed E-state index contributed by atoms with van der Waals surface area (Å²) in [5, 5.41) is 8.43. The number of rotatable bonds is 2. The standard InChI is InChI=1S/C30H20S4/c1-3-15-5-7-23-19(9-15)27-29(31-23)21-11-17-14-26-22(12-18(17)13-25(21)33-27)30-28(34-26)20-10-16(4-2)6-8-24(20)32-30/h5-14H,3-4H2,1-2H3. The first-order valence-electron chi connectivity index (χ1n) is 11.8. The van der Waals surface area contributed by atoms with Gasteiger partial charge in [-0.05, 0) is 83.3 Å². The molecule has 0 aliphatic heterocycles. The van der Waals surface area contributed by atoms with Crippen LogP contribution in [0.2, 0.25) is 0 Å². The van der Waals surface area contributed by atoms with Gasteiger partial charge in [0.2, 0.25) is 0 Å². The van der Waals surface area contributed by atoms with E-state index in [1.807, 2.05) is 45.3 Å². The molecule has 0 N–H and O–H groups in total. The molecule has 0 atom stereocenters. The third-order valence-corrected chi connectivity index (χ3v) is 12.2. The quantitative estimate of drug-likeness (QED) is 0.218. The number of thiophene rings is 4. The second kappa shape index (κ2) is 7.02. The van der Waals surface area contributed by atoms with Crippen LogP contribution in [0.4, 0.5) is 0 Å². The monoisotopic (exact) mass is 508 g/mol. The van der Waals surface area contributed by atoms with Gasteiger partial charge in [-0.1, -0.05) is 26.0 Å². The molecule has 4 aromatic carbocycles. The molecule has 8 rings (SSSR count). The molecular formula is C30H20S4. The molecule has 34 heavy (non-hydrogen) atoms. The smallest absolute Gasteiger partial charge is 0.0542 e. The van der Waals surface area contributed by atoms with E-state index in [1.54, 1.807) is 0 Å². The van der Waals surface area contributed by atoms with Crippen LogP contribution in [-0.4, -0.2) is 0 Å². The van der Waals surface area contributed by atoms with E-state index in [2.05, 4.69) is 74.5 Å². The molecule has 0 aliphatic rings. The number of hydrogen-bond acceptors (Lipinski definition) is 4. The minimum Gasteiger partial charge on any atom is -0.134 e. The Hall–Kier alpha value is -2.50. The summed E-state index contributed by atoms with van der Waals surface area (Å²) in [7, 11) is 0. The maximum atomic E-state index is 2.44. The van der Waals surface area contributed by atoms with Gasteiger partial charge in [0, 0.05) is 40.3 Å². The second-order valence-corrected chi connectivity index (χ2v) is 13.3. The van der Waals surface area contributed by atoms with Crippen molar-refractivity contribution in [3.63, 3.8) is 0 Å². The average Bonchev–Trinajstić information content (AvgIpc) is 3.59. The van der Waals surface area contributed by atoms with Crippen molar-refractivity contribution in [3.8, 4) is 0 Å². The van der Waals surface area contributed by atoms with Gasteiger partial charge in [-0.25, -0.2) is 0 Å². The fourth-order valence-corrected chi connectivity index (χ4v) is 10.6. The van der Waals surface area contributed by atoms with E-state index in [0.29, 0.717) is 0 Å². The van der Waals surface area contributed by atoms with Gasteiger partial charge < -0.3 is 0 Å². The van der Waals surface area contributed by atoms with Gasteiger partial charge in [0.25, 0.3) is 0 Å². The van der Waals surface area contributed by atoms with E-state index >= 15 is 0 Å². The molecule has 164 valence electrons. The van der Waals surface area contributed by atoms with Crippen molar-refractivity contribution in [2.75, 3.05) is 0 Å². The highest BCUT2D eigenvalue weighted by Crippen LogP contribution is 2.48. The Labute approximate surface area is 212 Å². The van der Waals surface area contributed by atoms with E-state index in [4.69, 9.17) is 0 Å². The predicted octanol–water partition coefficient (Wildman–Crippen LogP) is 11.1. The summed E-state index contributed by atoms with van der Waals surface area (Å²) in [6, 6.07) is 23.8. The molecule has 0 saturated heterocycles. The molecule has 4 aromatic heterocycles. The summed E-state index contributed by atoms with van der Waals surface area (Å²) < 4.78 is 11.5. The lowest BCUT2D eigenvalue weighted by Crippen LogP contribution is -1.76. The zero-order valence-corrected chi connectivity index (χ0v) is 22.1. The fourth-order valence-electron chi connectivity index (χ4n) is 5.29. The molecule has 0 saturated carbocycles. The van der Waals surface area contributed by atoms with Crippen LogP contribution in [-0.2, 0) is 12.8 Å². The Kier molecular flexibility index (Phi) is 4.08. The maximum absolute atomic E-state index is 2.44. The summed E-state index contributed by atoms with van der Waals surface area (Å²) >= 11 is 7.84. The van der Waals surface area contributed by atoms with Gasteiger partial charge in [-0.2, -0.15) is 0 Å². The zero-order chi connectivity index (χ0) is 22.6. The lowest BCUT2D eigenvalue weighted by atomic mass is 10.1. The van der Waals surface area contributed by atoms with Crippen LogP contribution in [0.5, 0.6) is 0 Å². The van der Waals surface area contributed by atoms with Crippen LogP contribution in [0.25, 0.3) is 69.9 Å². The molecule has 0 spiro atoms. The van der Waals surface area contributed by atoms with Crippen LogP contribution in [0.1, 0.15) is 25.0 Å². The van der Waals surface area contributed by atoms with Crippen molar-refractivity contribution in [2.24, 2.45) is 0 Å². The van der Waals surface area contributed by atoms with Crippen LogP contribution in [0.15, 0.2) is 60.7 Å². The molecule has 4 heterocycles. The van der Waals surface area contributed by atoms with Gasteiger partial charge >= 0.3 is 0 Å². The fraction of sp³-hybridized carbons (Fsp3) is 0.133. The first kappa shape index (κ1) is 19.8. The largest absolute Gasteiger partial charge is 0.134 e. The number of aryl methyl sites for hydroxylation is 2. The predicted molar refractivity (Wildman–Crippen MR) is 159 cm³/mol. The minimum atomic E-state index is 1.09. The molecule has 0 radical (unpaired) electrons. The summed E-state index contributed by atoms with van der Waals surface area (Å²) in [6.45, 7) is 4.48. The molecular weight excluding hydrogens is 489 g/mol. The highest BCUT2D eigenvalue weighted by atomic mass is 32.1. The molecule has 4 heteroatoms. The minimum absolute atomic E-state index is 1.09. The SMILES string of the molecule is CCc1ccc2sc3c4cc5cc6sc7c8cc(CC)ccc8sc7c6cc5cc4sc3c2c1. The number of hydrogen-bond donors (Lipinski definition) is 0. The lowest BCUT2D eigenvalue weighted by molar-refractivity contribution is 1.15. The molecule has 0 fully saturated rings. The highest BCUT2D eigenvalue weighted by molar-refractivity contribution is 7.37. The Morgan fingerprint density at radius 1 is 0.441 bits per heavy atom. The van der Waals surface area contributed by atoms with Crippen LogP contribution < -0.4 is 0 Å². The first-order chi connectivity index (χ1) is 16.7. The van der Waals surface area contributed by atoms with Crippen LogP contribution >= 0.6 is 45.3 Å². The Bertz CT molecular complexity index is 1940. The molecule has 0 nitrogen and oxygen atoms in total.